The molecule has 0 heterocycles. The van der Waals surface area contributed by atoms with E-state index in [2.05, 4.69) is 6.92 Å². The Kier molecular flexibility index (Phi) is 8.64. The molecule has 0 rings (SSSR count). The maximum Gasteiger partial charge on any atom is -0.0320 e. The van der Waals surface area contributed by atoms with Gasteiger partial charge in [0.05, 0.1) is 0 Å². The first-order chi connectivity index (χ1) is 5.77. The molecule has 0 atom stereocenters. The van der Waals surface area contributed by atoms with Crippen LogP contribution in [0.15, 0.2) is 5.57 Å². The van der Waals surface area contributed by atoms with Crippen molar-refractivity contribution >= 4 is 0 Å². The fourth-order valence-corrected chi connectivity index (χ4v) is 1.36. The van der Waals surface area contributed by atoms with Crippen LogP contribution in [-0.2, 0) is 0 Å². The maximum atomic E-state index is 5.57. The first kappa shape index (κ1) is 11.7. The summed E-state index contributed by atoms with van der Waals surface area (Å²) in [5.41, 5.74) is 1.09. The number of hydrogen-bond donors (Lipinski definition) is 0. The average molecular weight is 167 g/mol. The van der Waals surface area contributed by atoms with E-state index in [9.17, 15) is 0 Å². The molecule has 0 aromatic carbocycles. The minimum absolute atomic E-state index is 1.09. The summed E-state index contributed by atoms with van der Waals surface area (Å²) in [5.74, 6) is 0. The quantitative estimate of drug-likeness (QED) is 0.467. The van der Waals surface area contributed by atoms with Gasteiger partial charge in [0.15, 0.2) is 0 Å². The molecular weight excluding hydrogens is 144 g/mol. The Morgan fingerprint density at radius 1 is 0.917 bits per heavy atom. The summed E-state index contributed by atoms with van der Waals surface area (Å²) in [7, 11) is 0. The second kappa shape index (κ2) is 8.83. The van der Waals surface area contributed by atoms with E-state index < -0.39 is 0 Å². The Bertz CT molecular complexity index is 103. The van der Waals surface area contributed by atoms with Gasteiger partial charge in [-0.05, 0) is 19.8 Å². The van der Waals surface area contributed by atoms with Crippen molar-refractivity contribution in [1.82, 2.24) is 0 Å². The molecule has 0 bridgehead atoms. The summed E-state index contributed by atoms with van der Waals surface area (Å²) >= 11 is 0. The van der Waals surface area contributed by atoms with Crippen LogP contribution in [0.2, 0.25) is 0 Å². The summed E-state index contributed by atoms with van der Waals surface area (Å²) in [5, 5.41) is 0. The van der Waals surface area contributed by atoms with Crippen LogP contribution in [0.5, 0.6) is 0 Å². The molecule has 1 radical (unpaired) electrons. The molecule has 0 amide bonds. The standard InChI is InChI=1S/C12H23/c1-4-5-6-7-8-9-10-11-12(2)3/h2H,4-11H2,1,3H3. The van der Waals surface area contributed by atoms with Gasteiger partial charge in [-0.15, -0.1) is 0 Å². The Morgan fingerprint density at radius 3 is 1.92 bits per heavy atom. The van der Waals surface area contributed by atoms with E-state index in [-0.39, 0.29) is 0 Å². The van der Waals surface area contributed by atoms with Crippen molar-refractivity contribution in [1.29, 1.82) is 0 Å². The molecule has 0 N–H and O–H groups in total. The maximum absolute atomic E-state index is 5.57. The van der Waals surface area contributed by atoms with Gasteiger partial charge >= 0.3 is 0 Å². The SMILES string of the molecule is [CH]=C(C)CCCCCCCCC. The van der Waals surface area contributed by atoms with Crippen molar-refractivity contribution in [2.45, 2.75) is 65.2 Å². The highest BCUT2D eigenvalue weighted by molar-refractivity contribution is 4.83. The lowest BCUT2D eigenvalue weighted by Gasteiger charge is -2.00. The van der Waals surface area contributed by atoms with Crippen LogP contribution in [0.3, 0.4) is 0 Å². The first-order valence-electron chi connectivity index (χ1n) is 5.35. The van der Waals surface area contributed by atoms with Crippen molar-refractivity contribution in [2.75, 3.05) is 0 Å². The normalized spacial score (nSPS) is 10.2. The van der Waals surface area contributed by atoms with Crippen LogP contribution in [0.25, 0.3) is 0 Å². The van der Waals surface area contributed by atoms with Gasteiger partial charge in [0.2, 0.25) is 0 Å². The molecule has 0 saturated heterocycles. The molecule has 0 spiro atoms. The van der Waals surface area contributed by atoms with Gasteiger partial charge in [-0.1, -0.05) is 57.6 Å². The fourth-order valence-electron chi connectivity index (χ4n) is 1.36. The second-order valence-electron chi connectivity index (χ2n) is 3.72. The third kappa shape index (κ3) is 9.74. The topological polar surface area (TPSA) is 0 Å². The predicted molar refractivity (Wildman–Crippen MR) is 56.1 cm³/mol. The van der Waals surface area contributed by atoms with E-state index in [1.54, 1.807) is 0 Å². The molecule has 0 aliphatic rings. The number of unbranched alkanes of at least 4 members (excludes halogenated alkanes) is 6. The Balaban J connectivity index is 2.86. The van der Waals surface area contributed by atoms with Crippen molar-refractivity contribution in [3.8, 4) is 0 Å². The highest BCUT2D eigenvalue weighted by Gasteiger charge is 1.90. The van der Waals surface area contributed by atoms with E-state index in [4.69, 9.17) is 6.58 Å². The van der Waals surface area contributed by atoms with Crippen molar-refractivity contribution in [3.05, 3.63) is 12.2 Å². The molecule has 0 aliphatic heterocycles. The Hall–Kier alpha value is -0.260. The van der Waals surface area contributed by atoms with Gasteiger partial charge in [0.1, 0.15) is 0 Å². The molecule has 0 aromatic rings. The van der Waals surface area contributed by atoms with Crippen LogP contribution >= 0.6 is 0 Å². The van der Waals surface area contributed by atoms with Crippen molar-refractivity contribution < 1.29 is 0 Å². The fraction of sp³-hybridized carbons (Fsp3) is 0.833. The smallest absolute Gasteiger partial charge is 0.0320 e. The lowest BCUT2D eigenvalue weighted by atomic mass is 10.1. The number of rotatable bonds is 8. The summed E-state index contributed by atoms with van der Waals surface area (Å²) < 4.78 is 0. The van der Waals surface area contributed by atoms with Gasteiger partial charge < -0.3 is 0 Å². The molecule has 0 aliphatic carbocycles. The summed E-state index contributed by atoms with van der Waals surface area (Å²) in [6, 6.07) is 0. The Labute approximate surface area is 78.1 Å². The zero-order chi connectivity index (χ0) is 9.23. The van der Waals surface area contributed by atoms with Gasteiger partial charge in [-0.25, -0.2) is 0 Å². The Morgan fingerprint density at radius 2 is 1.42 bits per heavy atom. The lowest BCUT2D eigenvalue weighted by Crippen LogP contribution is -1.80. The molecule has 0 nitrogen and oxygen atoms in total. The molecule has 12 heavy (non-hydrogen) atoms. The molecule has 71 valence electrons. The molecule has 0 saturated carbocycles. The second-order valence-corrected chi connectivity index (χ2v) is 3.72. The third-order valence-electron chi connectivity index (χ3n) is 2.17. The van der Waals surface area contributed by atoms with Crippen LogP contribution in [0.4, 0.5) is 0 Å². The number of hydrogen-bond acceptors (Lipinski definition) is 0. The van der Waals surface area contributed by atoms with E-state index in [1.165, 1.54) is 44.9 Å². The molecule has 0 fully saturated rings. The van der Waals surface area contributed by atoms with E-state index >= 15 is 0 Å². The zero-order valence-corrected chi connectivity index (χ0v) is 8.73. The van der Waals surface area contributed by atoms with E-state index in [1.807, 2.05) is 6.92 Å². The van der Waals surface area contributed by atoms with E-state index in [0.717, 1.165) is 12.0 Å². The zero-order valence-electron chi connectivity index (χ0n) is 8.73. The minimum atomic E-state index is 1.09. The minimum Gasteiger partial charge on any atom is -0.0733 e. The molecule has 0 unspecified atom stereocenters. The molecule has 0 heteroatoms. The highest BCUT2D eigenvalue weighted by atomic mass is 14.0. The largest absolute Gasteiger partial charge is 0.0733 e. The average Bonchev–Trinajstić information content (AvgIpc) is 2.02. The molecular formula is C12H23. The van der Waals surface area contributed by atoms with Gasteiger partial charge in [-0.3, -0.25) is 0 Å². The molecule has 0 aromatic heterocycles. The van der Waals surface area contributed by atoms with Gasteiger partial charge in [-0.2, -0.15) is 0 Å². The third-order valence-corrected chi connectivity index (χ3v) is 2.17. The van der Waals surface area contributed by atoms with Crippen LogP contribution in [0.1, 0.15) is 65.2 Å². The van der Waals surface area contributed by atoms with Crippen molar-refractivity contribution in [2.24, 2.45) is 0 Å². The van der Waals surface area contributed by atoms with Crippen LogP contribution < -0.4 is 0 Å². The van der Waals surface area contributed by atoms with Crippen molar-refractivity contribution in [3.63, 3.8) is 0 Å². The monoisotopic (exact) mass is 167 g/mol. The summed E-state index contributed by atoms with van der Waals surface area (Å²) in [4.78, 5) is 0. The highest BCUT2D eigenvalue weighted by Crippen LogP contribution is 2.10. The number of allylic oxidation sites excluding steroid dienone is 1. The van der Waals surface area contributed by atoms with Gasteiger partial charge in [0.25, 0.3) is 0 Å². The van der Waals surface area contributed by atoms with Crippen LogP contribution in [0, 0.1) is 6.58 Å². The summed E-state index contributed by atoms with van der Waals surface area (Å²) in [6.07, 6.45) is 10.7. The van der Waals surface area contributed by atoms with Crippen LogP contribution in [-0.4, -0.2) is 0 Å². The predicted octanol–water partition coefficient (Wildman–Crippen LogP) is 4.51. The summed E-state index contributed by atoms with van der Waals surface area (Å²) in [6.45, 7) is 9.84. The van der Waals surface area contributed by atoms with E-state index in [0.29, 0.717) is 0 Å². The first-order valence-corrected chi connectivity index (χ1v) is 5.35. The lowest BCUT2D eigenvalue weighted by molar-refractivity contribution is 0.588. The van der Waals surface area contributed by atoms with Gasteiger partial charge in [0, 0.05) is 0 Å².